The molecule has 0 aromatic heterocycles. The number of ether oxygens (including phenoxy) is 3. The van der Waals surface area contributed by atoms with Crippen molar-refractivity contribution in [3.63, 3.8) is 0 Å². The summed E-state index contributed by atoms with van der Waals surface area (Å²) in [5.74, 6) is -0.863. The lowest BCUT2D eigenvalue weighted by Gasteiger charge is -2.18. The molecule has 0 fully saturated rings. The quantitative estimate of drug-likeness (QED) is 0.0261. The van der Waals surface area contributed by atoms with Crippen molar-refractivity contribution in [2.75, 3.05) is 13.2 Å². The fourth-order valence-corrected chi connectivity index (χ4v) is 10.4. The largest absolute Gasteiger partial charge is 0.462 e. The van der Waals surface area contributed by atoms with Gasteiger partial charge in [0, 0.05) is 19.3 Å². The van der Waals surface area contributed by atoms with Crippen molar-refractivity contribution in [2.45, 2.75) is 380 Å². The minimum Gasteiger partial charge on any atom is -0.462 e. The van der Waals surface area contributed by atoms with Crippen LogP contribution in [0.15, 0.2) is 48.6 Å². The van der Waals surface area contributed by atoms with E-state index in [2.05, 4.69) is 69.4 Å². The summed E-state index contributed by atoms with van der Waals surface area (Å²) in [6, 6.07) is 0. The normalized spacial score (nSPS) is 12.3. The highest BCUT2D eigenvalue weighted by molar-refractivity contribution is 5.71. The van der Waals surface area contributed by atoms with Crippen molar-refractivity contribution < 1.29 is 28.6 Å². The Bertz CT molecular complexity index is 1350. The molecule has 6 nitrogen and oxygen atoms in total. The van der Waals surface area contributed by atoms with Crippen molar-refractivity contribution in [3.8, 4) is 0 Å². The van der Waals surface area contributed by atoms with Crippen LogP contribution in [0.25, 0.3) is 0 Å². The first-order chi connectivity index (χ1) is 38.5. The average Bonchev–Trinajstić information content (AvgIpc) is 3.44. The Labute approximate surface area is 486 Å². The molecular formula is C72H132O6. The van der Waals surface area contributed by atoms with Crippen LogP contribution < -0.4 is 0 Å². The van der Waals surface area contributed by atoms with Gasteiger partial charge in [-0.15, -0.1) is 0 Å². The van der Waals surface area contributed by atoms with Gasteiger partial charge in [0.1, 0.15) is 13.2 Å². The first-order valence-electron chi connectivity index (χ1n) is 34.6. The first kappa shape index (κ1) is 75.4. The zero-order valence-corrected chi connectivity index (χ0v) is 52.5. The molecule has 456 valence electrons. The van der Waals surface area contributed by atoms with Gasteiger partial charge in [0.05, 0.1) is 0 Å². The van der Waals surface area contributed by atoms with Crippen LogP contribution in [0.4, 0.5) is 0 Å². The summed E-state index contributed by atoms with van der Waals surface area (Å²) in [7, 11) is 0. The SMILES string of the molecule is CC/C=C\C/C=C\C/C=C\C/C=C\CCCCCCCCCCC(=O)OC(COC(=O)CCCCCCCCCC)COC(=O)CCCCCCCCCCCCCCCCCCCCCCCCCCCCCCCCC. The average molecular weight is 1090 g/mol. The van der Waals surface area contributed by atoms with Gasteiger partial charge >= 0.3 is 17.9 Å². The molecule has 0 aliphatic heterocycles. The molecule has 0 aromatic carbocycles. The van der Waals surface area contributed by atoms with E-state index in [4.69, 9.17) is 14.2 Å². The smallest absolute Gasteiger partial charge is 0.306 e. The van der Waals surface area contributed by atoms with Crippen molar-refractivity contribution in [3.05, 3.63) is 48.6 Å². The number of unbranched alkanes of at least 4 members (excludes halogenated alkanes) is 45. The number of rotatable bonds is 64. The molecule has 0 aliphatic carbocycles. The van der Waals surface area contributed by atoms with E-state index in [0.29, 0.717) is 19.3 Å². The molecule has 0 N–H and O–H groups in total. The van der Waals surface area contributed by atoms with E-state index < -0.39 is 6.10 Å². The molecule has 0 radical (unpaired) electrons. The maximum atomic E-state index is 12.9. The molecule has 0 aliphatic rings. The van der Waals surface area contributed by atoms with Gasteiger partial charge in [-0.25, -0.2) is 0 Å². The van der Waals surface area contributed by atoms with Crippen LogP contribution in [0.1, 0.15) is 374 Å². The second-order valence-corrected chi connectivity index (χ2v) is 23.4. The van der Waals surface area contributed by atoms with Crippen molar-refractivity contribution in [2.24, 2.45) is 0 Å². The Morgan fingerprint density at radius 2 is 0.500 bits per heavy atom. The van der Waals surface area contributed by atoms with Crippen LogP contribution in [0.2, 0.25) is 0 Å². The maximum Gasteiger partial charge on any atom is 0.306 e. The van der Waals surface area contributed by atoms with E-state index in [1.807, 2.05) is 0 Å². The third-order valence-corrected chi connectivity index (χ3v) is 15.6. The predicted octanol–water partition coefficient (Wildman–Crippen LogP) is 23.7. The molecular weight excluding hydrogens is 961 g/mol. The lowest BCUT2D eigenvalue weighted by atomic mass is 10.0. The molecule has 78 heavy (non-hydrogen) atoms. The number of hydrogen-bond donors (Lipinski definition) is 0. The summed E-state index contributed by atoms with van der Waals surface area (Å²) < 4.78 is 16.9. The standard InChI is InChI=1S/C72H132O6/c1-4-7-10-13-16-19-21-23-25-27-29-31-32-33-34-35-36-37-38-39-40-42-43-45-47-49-51-53-56-59-62-65-71(74)77-68-69(67-76-70(73)64-61-58-55-18-15-12-9-6-3)78-72(75)66-63-60-57-54-52-50-48-46-44-41-30-28-26-24-22-20-17-14-11-8-5-2/h8,11,17,20,24,26,30,41,69H,4-7,9-10,12-16,18-19,21-23,25,27-29,31-40,42-68H2,1-3H3/b11-8-,20-17-,26-24-,41-30-. The Morgan fingerprint density at radius 3 is 0.782 bits per heavy atom. The van der Waals surface area contributed by atoms with E-state index in [-0.39, 0.29) is 31.1 Å². The zero-order chi connectivity index (χ0) is 56.4. The van der Waals surface area contributed by atoms with Gasteiger partial charge < -0.3 is 14.2 Å². The van der Waals surface area contributed by atoms with E-state index in [1.54, 1.807) is 0 Å². The second kappa shape index (κ2) is 66.9. The molecule has 0 saturated heterocycles. The van der Waals surface area contributed by atoms with Crippen molar-refractivity contribution in [1.29, 1.82) is 0 Å². The fraction of sp³-hybridized carbons (Fsp3) is 0.847. The maximum absolute atomic E-state index is 12.9. The van der Waals surface area contributed by atoms with Gasteiger partial charge in [0.25, 0.3) is 0 Å². The predicted molar refractivity (Wildman–Crippen MR) is 339 cm³/mol. The third kappa shape index (κ3) is 64.2. The Balaban J connectivity index is 4.04. The summed E-state index contributed by atoms with van der Waals surface area (Å²) >= 11 is 0. The number of esters is 3. The van der Waals surface area contributed by atoms with E-state index in [1.165, 1.54) is 244 Å². The topological polar surface area (TPSA) is 78.9 Å². The monoisotopic (exact) mass is 1090 g/mol. The second-order valence-electron chi connectivity index (χ2n) is 23.4. The minimum atomic E-state index is -0.774. The minimum absolute atomic E-state index is 0.0719. The molecule has 1 atom stereocenters. The number of hydrogen-bond acceptors (Lipinski definition) is 6. The van der Waals surface area contributed by atoms with Gasteiger partial charge in [-0.05, 0) is 57.8 Å². The Hall–Kier alpha value is -2.63. The van der Waals surface area contributed by atoms with Crippen molar-refractivity contribution in [1.82, 2.24) is 0 Å². The van der Waals surface area contributed by atoms with Crippen LogP contribution in [0.5, 0.6) is 0 Å². The van der Waals surface area contributed by atoms with Crippen LogP contribution in [-0.4, -0.2) is 37.2 Å². The number of carbonyl (C=O) groups excluding carboxylic acids is 3. The number of carbonyl (C=O) groups is 3. The van der Waals surface area contributed by atoms with Gasteiger partial charge in [-0.1, -0.05) is 345 Å². The highest BCUT2D eigenvalue weighted by atomic mass is 16.6. The van der Waals surface area contributed by atoms with Crippen LogP contribution in [0.3, 0.4) is 0 Å². The summed E-state index contributed by atoms with van der Waals surface area (Å²) in [5.41, 5.74) is 0. The molecule has 0 aromatic rings. The first-order valence-corrected chi connectivity index (χ1v) is 34.6. The lowest BCUT2D eigenvalue weighted by molar-refractivity contribution is -0.167. The zero-order valence-electron chi connectivity index (χ0n) is 52.5. The fourth-order valence-electron chi connectivity index (χ4n) is 10.4. The third-order valence-electron chi connectivity index (χ3n) is 15.6. The molecule has 6 heteroatoms. The van der Waals surface area contributed by atoms with E-state index in [0.717, 1.165) is 89.9 Å². The van der Waals surface area contributed by atoms with Gasteiger partial charge in [0.2, 0.25) is 0 Å². The molecule has 0 saturated carbocycles. The molecule has 0 bridgehead atoms. The summed E-state index contributed by atoms with van der Waals surface area (Å²) in [5, 5.41) is 0. The molecule has 0 rings (SSSR count). The van der Waals surface area contributed by atoms with E-state index >= 15 is 0 Å². The summed E-state index contributed by atoms with van der Waals surface area (Å²) in [4.78, 5) is 38.2. The van der Waals surface area contributed by atoms with Crippen LogP contribution in [-0.2, 0) is 28.6 Å². The lowest BCUT2D eigenvalue weighted by Crippen LogP contribution is -2.30. The van der Waals surface area contributed by atoms with Crippen molar-refractivity contribution >= 4 is 17.9 Å². The van der Waals surface area contributed by atoms with Crippen LogP contribution in [0, 0.1) is 0 Å². The highest BCUT2D eigenvalue weighted by Gasteiger charge is 2.19. The molecule has 0 heterocycles. The van der Waals surface area contributed by atoms with Crippen LogP contribution >= 0.6 is 0 Å². The molecule has 1 unspecified atom stereocenters. The Kier molecular flexibility index (Phi) is 64.6. The summed E-state index contributed by atoms with van der Waals surface area (Å²) in [6.45, 7) is 6.55. The molecule has 0 amide bonds. The van der Waals surface area contributed by atoms with Gasteiger partial charge in [-0.2, -0.15) is 0 Å². The number of allylic oxidation sites excluding steroid dienone is 8. The van der Waals surface area contributed by atoms with Gasteiger partial charge in [-0.3, -0.25) is 14.4 Å². The summed E-state index contributed by atoms with van der Waals surface area (Å²) in [6.07, 6.45) is 84.6. The Morgan fingerprint density at radius 1 is 0.269 bits per heavy atom. The van der Waals surface area contributed by atoms with E-state index in [9.17, 15) is 14.4 Å². The molecule has 0 spiro atoms. The highest BCUT2D eigenvalue weighted by Crippen LogP contribution is 2.19. The van der Waals surface area contributed by atoms with Gasteiger partial charge in [0.15, 0.2) is 6.10 Å².